The molecule has 0 aromatic carbocycles. The maximum absolute atomic E-state index is 11.3. The Bertz CT molecular complexity index is 256. The second kappa shape index (κ2) is 4.52. The number of amides is 1. The monoisotopic (exact) mass is 250 g/mol. The van der Waals surface area contributed by atoms with Crippen molar-refractivity contribution in [1.82, 2.24) is 5.32 Å². The highest BCUT2D eigenvalue weighted by Crippen LogP contribution is 2.44. The maximum atomic E-state index is 11.3. The summed E-state index contributed by atoms with van der Waals surface area (Å²) in [5.41, 5.74) is 4.92. The molecule has 15 heavy (non-hydrogen) atoms. The molecule has 88 valence electrons. The third kappa shape index (κ3) is 2.43. The molecule has 1 saturated carbocycles. The van der Waals surface area contributed by atoms with Gasteiger partial charge in [0.05, 0.1) is 4.87 Å². The van der Waals surface area contributed by atoms with E-state index in [1.807, 2.05) is 18.7 Å². The van der Waals surface area contributed by atoms with E-state index in [0.29, 0.717) is 0 Å². The molecule has 2 rings (SSSR count). The molecule has 3 nitrogen and oxygen atoms in total. The third-order valence-corrected chi connectivity index (χ3v) is 5.13. The highest BCUT2D eigenvalue weighted by atomic mass is 35.5. The lowest BCUT2D eigenvalue weighted by Gasteiger charge is -2.35. The van der Waals surface area contributed by atoms with Crippen LogP contribution in [0.15, 0.2) is 0 Å². The smallest absolute Gasteiger partial charge is 0.238 e. The van der Waals surface area contributed by atoms with Gasteiger partial charge >= 0.3 is 0 Å². The fraction of sp³-hybridized carbons (Fsp3) is 0.900. The average Bonchev–Trinajstić information content (AvgIpc) is 2.47. The SMILES string of the molecule is CC1(C(N)=O)CSC2(CCCCC2)N1.Cl. The van der Waals surface area contributed by atoms with Crippen LogP contribution in [-0.4, -0.2) is 22.1 Å². The molecular weight excluding hydrogens is 232 g/mol. The largest absolute Gasteiger partial charge is 0.368 e. The van der Waals surface area contributed by atoms with Gasteiger partial charge in [-0.3, -0.25) is 10.1 Å². The number of carbonyl (C=O) groups is 1. The zero-order chi connectivity index (χ0) is 10.2. The zero-order valence-corrected chi connectivity index (χ0v) is 10.7. The van der Waals surface area contributed by atoms with Gasteiger partial charge in [0.2, 0.25) is 5.91 Å². The minimum Gasteiger partial charge on any atom is -0.368 e. The van der Waals surface area contributed by atoms with Crippen LogP contribution in [0.4, 0.5) is 0 Å². The Labute approximate surface area is 101 Å². The van der Waals surface area contributed by atoms with Crippen molar-refractivity contribution in [1.29, 1.82) is 0 Å². The molecule has 0 bridgehead atoms. The summed E-state index contributed by atoms with van der Waals surface area (Å²) in [4.78, 5) is 11.5. The first-order valence-corrected chi connectivity index (χ1v) is 6.28. The molecule has 3 N–H and O–H groups in total. The fourth-order valence-corrected chi connectivity index (χ4v) is 4.04. The fourth-order valence-electron chi connectivity index (χ4n) is 2.38. The van der Waals surface area contributed by atoms with Crippen LogP contribution in [-0.2, 0) is 4.79 Å². The molecule has 5 heteroatoms. The van der Waals surface area contributed by atoms with E-state index in [2.05, 4.69) is 5.32 Å². The highest BCUT2D eigenvalue weighted by molar-refractivity contribution is 8.01. The van der Waals surface area contributed by atoms with Crippen LogP contribution >= 0.6 is 24.2 Å². The summed E-state index contributed by atoms with van der Waals surface area (Å²) in [6.45, 7) is 1.92. The van der Waals surface area contributed by atoms with Gasteiger partial charge in [0.15, 0.2) is 0 Å². The quantitative estimate of drug-likeness (QED) is 0.744. The van der Waals surface area contributed by atoms with Crippen LogP contribution in [0, 0.1) is 0 Å². The number of nitrogens with two attached hydrogens (primary N) is 1. The Balaban J connectivity index is 0.00000112. The molecule has 1 aliphatic heterocycles. The van der Waals surface area contributed by atoms with Crippen molar-refractivity contribution >= 4 is 30.1 Å². The molecule has 1 heterocycles. The van der Waals surface area contributed by atoms with Gasteiger partial charge in [0.25, 0.3) is 0 Å². The number of halogens is 1. The van der Waals surface area contributed by atoms with Crippen LogP contribution < -0.4 is 11.1 Å². The summed E-state index contributed by atoms with van der Waals surface area (Å²) in [5, 5.41) is 3.47. The van der Waals surface area contributed by atoms with Crippen LogP contribution in [0.25, 0.3) is 0 Å². The van der Waals surface area contributed by atoms with Gasteiger partial charge in [-0.25, -0.2) is 0 Å². The predicted molar refractivity (Wildman–Crippen MR) is 66.3 cm³/mol. The second-order valence-corrected chi connectivity index (χ2v) is 6.02. The molecule has 2 aliphatic rings. The van der Waals surface area contributed by atoms with Crippen LogP contribution in [0.2, 0.25) is 0 Å². The summed E-state index contributed by atoms with van der Waals surface area (Å²) in [6.07, 6.45) is 6.24. The summed E-state index contributed by atoms with van der Waals surface area (Å²) in [5.74, 6) is 0.606. The number of rotatable bonds is 1. The number of carbonyl (C=O) groups excluding carboxylic acids is 1. The van der Waals surface area contributed by atoms with Gasteiger partial charge in [-0.15, -0.1) is 24.2 Å². The van der Waals surface area contributed by atoms with E-state index in [-0.39, 0.29) is 23.2 Å². The number of hydrogen-bond donors (Lipinski definition) is 2. The van der Waals surface area contributed by atoms with Gasteiger partial charge < -0.3 is 5.73 Å². The van der Waals surface area contributed by atoms with Crippen LogP contribution in [0.3, 0.4) is 0 Å². The Morgan fingerprint density at radius 2 is 1.93 bits per heavy atom. The summed E-state index contributed by atoms with van der Waals surface area (Å²) < 4.78 is 0. The van der Waals surface area contributed by atoms with E-state index in [9.17, 15) is 4.79 Å². The van der Waals surface area contributed by atoms with Crippen molar-refractivity contribution in [3.63, 3.8) is 0 Å². The number of primary amides is 1. The Morgan fingerprint density at radius 1 is 1.33 bits per heavy atom. The van der Waals surface area contributed by atoms with Crippen molar-refractivity contribution < 1.29 is 4.79 Å². The second-order valence-electron chi connectivity index (χ2n) is 4.66. The Hall–Kier alpha value is 0.0700. The minimum absolute atomic E-state index is 0. The molecule has 1 amide bonds. The lowest BCUT2D eigenvalue weighted by Crippen LogP contribution is -2.56. The molecular formula is C10H19ClN2OS. The number of nitrogens with one attached hydrogen (secondary N) is 1. The van der Waals surface area contributed by atoms with E-state index in [1.54, 1.807) is 0 Å². The van der Waals surface area contributed by atoms with E-state index < -0.39 is 5.54 Å². The molecule has 0 aromatic rings. The van der Waals surface area contributed by atoms with Gasteiger partial charge in [-0.05, 0) is 19.8 Å². The van der Waals surface area contributed by atoms with Gasteiger partial charge in [-0.1, -0.05) is 19.3 Å². The summed E-state index contributed by atoms with van der Waals surface area (Å²) >= 11 is 1.89. The number of thioether (sulfide) groups is 1. The molecule has 1 atom stereocenters. The van der Waals surface area contributed by atoms with Crippen molar-refractivity contribution in [3.05, 3.63) is 0 Å². The normalized spacial score (nSPS) is 33.7. The molecule has 0 radical (unpaired) electrons. The van der Waals surface area contributed by atoms with Crippen molar-refractivity contribution in [2.24, 2.45) is 5.73 Å². The summed E-state index contributed by atoms with van der Waals surface area (Å²) in [6, 6.07) is 0. The maximum Gasteiger partial charge on any atom is 0.238 e. The van der Waals surface area contributed by atoms with Crippen LogP contribution in [0.1, 0.15) is 39.0 Å². The zero-order valence-electron chi connectivity index (χ0n) is 9.04. The van der Waals surface area contributed by atoms with Gasteiger partial charge in [0, 0.05) is 5.75 Å². The predicted octanol–water partition coefficient (Wildman–Crippen LogP) is 1.65. The van der Waals surface area contributed by atoms with Crippen molar-refractivity contribution in [2.75, 3.05) is 5.75 Å². The lowest BCUT2D eigenvalue weighted by atomic mass is 9.92. The topological polar surface area (TPSA) is 55.1 Å². The van der Waals surface area contributed by atoms with Crippen molar-refractivity contribution in [2.45, 2.75) is 49.4 Å². The van der Waals surface area contributed by atoms with Gasteiger partial charge in [0.1, 0.15) is 5.54 Å². The highest BCUT2D eigenvalue weighted by Gasteiger charge is 2.48. The van der Waals surface area contributed by atoms with Crippen LogP contribution in [0.5, 0.6) is 0 Å². The molecule has 2 fully saturated rings. The first-order valence-electron chi connectivity index (χ1n) is 5.30. The number of hydrogen-bond acceptors (Lipinski definition) is 3. The van der Waals surface area contributed by atoms with E-state index in [4.69, 9.17) is 5.73 Å². The summed E-state index contributed by atoms with van der Waals surface area (Å²) in [7, 11) is 0. The minimum atomic E-state index is -0.484. The standard InChI is InChI=1S/C10H18N2OS.ClH/c1-9(8(11)13)7-14-10(12-9)5-3-2-4-6-10;/h12H,2-7H2,1H3,(H2,11,13);1H. The van der Waals surface area contributed by atoms with Gasteiger partial charge in [-0.2, -0.15) is 0 Å². The average molecular weight is 251 g/mol. The first kappa shape index (κ1) is 13.1. The van der Waals surface area contributed by atoms with E-state index in [1.165, 1.54) is 32.1 Å². The van der Waals surface area contributed by atoms with Crippen molar-refractivity contribution in [3.8, 4) is 0 Å². The Morgan fingerprint density at radius 3 is 2.40 bits per heavy atom. The molecule has 1 saturated heterocycles. The molecule has 1 aliphatic carbocycles. The lowest BCUT2D eigenvalue weighted by molar-refractivity contribution is -0.123. The van der Waals surface area contributed by atoms with E-state index >= 15 is 0 Å². The molecule has 0 aromatic heterocycles. The first-order chi connectivity index (χ1) is 6.56. The molecule has 1 spiro atoms. The van der Waals surface area contributed by atoms with E-state index in [0.717, 1.165) is 5.75 Å². The Kier molecular flexibility index (Phi) is 3.95. The molecule has 1 unspecified atom stereocenters. The third-order valence-electron chi connectivity index (χ3n) is 3.35.